The standard InChI is InChI=1S/C13H15ClN2O2/c1-17-12-5-4-10(14)7-9(12)8-11(16-15)13-3-2-6-18-13/h2-7,11,16H,8,15H2,1H3. The summed E-state index contributed by atoms with van der Waals surface area (Å²) < 4.78 is 10.7. The zero-order valence-electron chi connectivity index (χ0n) is 10.0. The van der Waals surface area contributed by atoms with Gasteiger partial charge in [-0.3, -0.25) is 5.84 Å². The molecular weight excluding hydrogens is 252 g/mol. The molecule has 0 radical (unpaired) electrons. The number of nitrogens with one attached hydrogen (secondary N) is 1. The van der Waals surface area contributed by atoms with Gasteiger partial charge in [0.1, 0.15) is 11.5 Å². The van der Waals surface area contributed by atoms with Gasteiger partial charge in [-0.05, 0) is 42.3 Å². The van der Waals surface area contributed by atoms with Gasteiger partial charge >= 0.3 is 0 Å². The lowest BCUT2D eigenvalue weighted by Gasteiger charge is -2.15. The van der Waals surface area contributed by atoms with Gasteiger partial charge in [-0.2, -0.15) is 0 Å². The van der Waals surface area contributed by atoms with Crippen molar-refractivity contribution >= 4 is 11.6 Å². The molecule has 0 amide bonds. The average Bonchev–Trinajstić information content (AvgIpc) is 2.90. The van der Waals surface area contributed by atoms with Crippen LogP contribution in [0.4, 0.5) is 0 Å². The van der Waals surface area contributed by atoms with E-state index in [0.29, 0.717) is 11.4 Å². The van der Waals surface area contributed by atoms with Crippen LogP contribution in [0.3, 0.4) is 0 Å². The third-order valence-corrected chi connectivity index (χ3v) is 2.99. The van der Waals surface area contributed by atoms with E-state index in [-0.39, 0.29) is 6.04 Å². The Labute approximate surface area is 111 Å². The summed E-state index contributed by atoms with van der Waals surface area (Å²) in [5.41, 5.74) is 3.71. The summed E-state index contributed by atoms with van der Waals surface area (Å²) in [5.74, 6) is 7.12. The predicted molar refractivity (Wildman–Crippen MR) is 70.5 cm³/mol. The lowest BCUT2D eigenvalue weighted by molar-refractivity contribution is 0.392. The molecule has 96 valence electrons. The maximum absolute atomic E-state index is 5.99. The van der Waals surface area contributed by atoms with E-state index in [1.54, 1.807) is 19.4 Å². The minimum Gasteiger partial charge on any atom is -0.496 e. The Kier molecular flexibility index (Phi) is 4.25. The fourth-order valence-electron chi connectivity index (χ4n) is 1.86. The lowest BCUT2D eigenvalue weighted by atomic mass is 10.0. The molecule has 1 aromatic heterocycles. The topological polar surface area (TPSA) is 60.4 Å². The number of rotatable bonds is 5. The molecule has 4 nitrogen and oxygen atoms in total. The van der Waals surface area contributed by atoms with Crippen molar-refractivity contribution in [1.29, 1.82) is 0 Å². The molecule has 1 aromatic carbocycles. The van der Waals surface area contributed by atoms with Crippen LogP contribution in [0.1, 0.15) is 17.4 Å². The van der Waals surface area contributed by atoms with Crippen LogP contribution in [0.15, 0.2) is 41.0 Å². The summed E-state index contributed by atoms with van der Waals surface area (Å²) in [6.07, 6.45) is 2.25. The molecule has 18 heavy (non-hydrogen) atoms. The molecule has 5 heteroatoms. The van der Waals surface area contributed by atoms with E-state index in [4.69, 9.17) is 26.6 Å². The number of halogens is 1. The second kappa shape index (κ2) is 5.91. The highest BCUT2D eigenvalue weighted by molar-refractivity contribution is 6.30. The second-order valence-electron chi connectivity index (χ2n) is 3.89. The van der Waals surface area contributed by atoms with Gasteiger partial charge in [0.15, 0.2) is 0 Å². The van der Waals surface area contributed by atoms with E-state index in [0.717, 1.165) is 17.1 Å². The number of methoxy groups -OCH3 is 1. The summed E-state index contributed by atoms with van der Waals surface area (Å²) in [6.45, 7) is 0. The maximum Gasteiger partial charge on any atom is 0.122 e. The third-order valence-electron chi connectivity index (χ3n) is 2.75. The first-order chi connectivity index (χ1) is 8.74. The molecule has 0 saturated carbocycles. The smallest absolute Gasteiger partial charge is 0.122 e. The van der Waals surface area contributed by atoms with Gasteiger partial charge in [-0.25, -0.2) is 5.43 Å². The van der Waals surface area contributed by atoms with Crippen LogP contribution in [-0.4, -0.2) is 7.11 Å². The van der Waals surface area contributed by atoms with E-state index in [1.165, 1.54) is 0 Å². The van der Waals surface area contributed by atoms with Crippen molar-refractivity contribution in [2.24, 2.45) is 5.84 Å². The number of hydrogen-bond acceptors (Lipinski definition) is 4. The van der Waals surface area contributed by atoms with E-state index in [2.05, 4.69) is 5.43 Å². The summed E-state index contributed by atoms with van der Waals surface area (Å²) in [4.78, 5) is 0. The molecule has 0 aliphatic heterocycles. The van der Waals surface area contributed by atoms with Gasteiger partial charge in [0.2, 0.25) is 0 Å². The van der Waals surface area contributed by atoms with Gasteiger partial charge in [0.25, 0.3) is 0 Å². The molecular formula is C13H15ClN2O2. The minimum absolute atomic E-state index is 0.118. The fraction of sp³-hybridized carbons (Fsp3) is 0.231. The van der Waals surface area contributed by atoms with Crippen LogP contribution in [0.2, 0.25) is 5.02 Å². The highest BCUT2D eigenvalue weighted by Gasteiger charge is 2.16. The van der Waals surface area contributed by atoms with Crippen LogP contribution in [0, 0.1) is 0 Å². The van der Waals surface area contributed by atoms with Crippen molar-refractivity contribution in [3.05, 3.63) is 52.9 Å². The third kappa shape index (κ3) is 2.85. The van der Waals surface area contributed by atoms with Crippen molar-refractivity contribution in [1.82, 2.24) is 5.43 Å². The molecule has 1 unspecified atom stereocenters. The highest BCUT2D eigenvalue weighted by atomic mass is 35.5. The maximum atomic E-state index is 5.99. The Hall–Kier alpha value is -1.49. The van der Waals surface area contributed by atoms with Gasteiger partial charge in [0, 0.05) is 5.02 Å². The average molecular weight is 267 g/mol. The zero-order chi connectivity index (χ0) is 13.0. The number of furan rings is 1. The molecule has 0 fully saturated rings. The number of ether oxygens (including phenoxy) is 1. The molecule has 2 aromatic rings. The molecule has 0 aliphatic carbocycles. The van der Waals surface area contributed by atoms with Gasteiger partial charge < -0.3 is 9.15 Å². The van der Waals surface area contributed by atoms with Crippen molar-refractivity contribution in [2.45, 2.75) is 12.5 Å². The van der Waals surface area contributed by atoms with Crippen molar-refractivity contribution < 1.29 is 9.15 Å². The molecule has 0 saturated heterocycles. The Morgan fingerprint density at radius 1 is 1.44 bits per heavy atom. The number of benzene rings is 1. The Bertz CT molecular complexity index is 500. The predicted octanol–water partition coefficient (Wildman–Crippen LogP) is 2.69. The van der Waals surface area contributed by atoms with Crippen LogP contribution in [0.5, 0.6) is 5.75 Å². The quantitative estimate of drug-likeness (QED) is 0.645. The van der Waals surface area contributed by atoms with E-state index < -0.39 is 0 Å². The molecule has 0 spiro atoms. The normalized spacial score (nSPS) is 12.4. The van der Waals surface area contributed by atoms with Crippen LogP contribution in [-0.2, 0) is 6.42 Å². The summed E-state index contributed by atoms with van der Waals surface area (Å²) in [6, 6.07) is 9.09. The summed E-state index contributed by atoms with van der Waals surface area (Å²) in [7, 11) is 1.63. The van der Waals surface area contributed by atoms with Crippen molar-refractivity contribution in [3.8, 4) is 5.75 Å². The Balaban J connectivity index is 2.24. The van der Waals surface area contributed by atoms with Gasteiger partial charge in [-0.1, -0.05) is 11.6 Å². The Morgan fingerprint density at radius 3 is 2.89 bits per heavy atom. The van der Waals surface area contributed by atoms with Gasteiger partial charge in [-0.15, -0.1) is 0 Å². The van der Waals surface area contributed by atoms with Crippen LogP contribution < -0.4 is 16.0 Å². The van der Waals surface area contributed by atoms with Crippen molar-refractivity contribution in [3.63, 3.8) is 0 Å². The largest absolute Gasteiger partial charge is 0.496 e. The molecule has 1 atom stereocenters. The second-order valence-corrected chi connectivity index (χ2v) is 4.33. The number of hydrazine groups is 1. The summed E-state index contributed by atoms with van der Waals surface area (Å²) in [5, 5.41) is 0.668. The zero-order valence-corrected chi connectivity index (χ0v) is 10.8. The fourth-order valence-corrected chi connectivity index (χ4v) is 2.05. The Morgan fingerprint density at radius 2 is 2.28 bits per heavy atom. The number of hydrogen-bond donors (Lipinski definition) is 2. The van der Waals surface area contributed by atoms with Crippen molar-refractivity contribution in [2.75, 3.05) is 7.11 Å². The highest BCUT2D eigenvalue weighted by Crippen LogP contribution is 2.27. The minimum atomic E-state index is -0.118. The molecule has 0 aliphatic rings. The van der Waals surface area contributed by atoms with Crippen LogP contribution >= 0.6 is 11.6 Å². The lowest BCUT2D eigenvalue weighted by Crippen LogP contribution is -2.29. The van der Waals surface area contributed by atoms with E-state index in [1.807, 2.05) is 24.3 Å². The van der Waals surface area contributed by atoms with Gasteiger partial charge in [0.05, 0.1) is 19.4 Å². The molecule has 0 bridgehead atoms. The van der Waals surface area contributed by atoms with E-state index >= 15 is 0 Å². The monoisotopic (exact) mass is 266 g/mol. The first kappa shape index (κ1) is 13.0. The van der Waals surface area contributed by atoms with Crippen LogP contribution in [0.25, 0.3) is 0 Å². The number of nitrogens with two attached hydrogens (primary N) is 1. The first-order valence-electron chi connectivity index (χ1n) is 5.56. The molecule has 3 N–H and O–H groups in total. The SMILES string of the molecule is COc1ccc(Cl)cc1CC(NN)c1ccco1. The molecule has 2 rings (SSSR count). The first-order valence-corrected chi connectivity index (χ1v) is 5.94. The summed E-state index contributed by atoms with van der Waals surface area (Å²) >= 11 is 5.99. The molecule has 1 heterocycles. The van der Waals surface area contributed by atoms with E-state index in [9.17, 15) is 0 Å².